The number of hydrogen-bond donors (Lipinski definition) is 0. The van der Waals surface area contributed by atoms with Crippen LogP contribution in [0.25, 0.3) is 0 Å². The van der Waals surface area contributed by atoms with E-state index in [0.717, 1.165) is 11.5 Å². The first kappa shape index (κ1) is 24.2. The fourth-order valence-electron chi connectivity index (χ4n) is 3.39. The van der Waals surface area contributed by atoms with Crippen LogP contribution in [-0.4, -0.2) is 23.5 Å². The monoisotopic (exact) mass is 464 g/mol. The van der Waals surface area contributed by atoms with E-state index in [-0.39, 0.29) is 30.7 Å². The maximum Gasteiger partial charge on any atom is 0.126 e. The van der Waals surface area contributed by atoms with E-state index in [1.807, 2.05) is 25.5 Å². The Morgan fingerprint density at radius 3 is 1.50 bits per heavy atom. The van der Waals surface area contributed by atoms with Gasteiger partial charge in [0.25, 0.3) is 0 Å². The average Bonchev–Trinajstić information content (AvgIpc) is 2.37. The van der Waals surface area contributed by atoms with E-state index in [2.05, 4.69) is 53.7 Å². The van der Waals surface area contributed by atoms with Crippen molar-refractivity contribution >= 4 is 24.2 Å². The molecule has 0 bridgehead atoms. The molecule has 0 aliphatic heterocycles. The van der Waals surface area contributed by atoms with Gasteiger partial charge in [-0.1, -0.05) is 12.9 Å². The Kier molecular flexibility index (Phi) is 9.31. The third-order valence-electron chi connectivity index (χ3n) is 4.16. The Morgan fingerprint density at radius 2 is 1.25 bits per heavy atom. The molecule has 0 atom stereocenters. The van der Waals surface area contributed by atoms with Gasteiger partial charge in [-0.3, -0.25) is 0 Å². The molecule has 0 spiro atoms. The largest absolute Gasteiger partial charge is 0.494 e. The maximum absolute atomic E-state index is 6.53. The molecule has 24 heavy (non-hydrogen) atoms. The van der Waals surface area contributed by atoms with Gasteiger partial charge in [-0.2, -0.15) is 0 Å². The summed E-state index contributed by atoms with van der Waals surface area (Å²) in [6, 6.07) is 6.26. The van der Waals surface area contributed by atoms with Crippen LogP contribution in [0, 0.1) is 5.62 Å². The van der Waals surface area contributed by atoms with Crippen molar-refractivity contribution < 1.29 is 29.9 Å². The van der Waals surface area contributed by atoms with Gasteiger partial charge in [0.2, 0.25) is 0 Å². The normalized spacial score (nSPS) is 12.5. The first-order valence-corrected chi connectivity index (χ1v) is 10.6. The fourth-order valence-corrected chi connectivity index (χ4v) is 10.4. The summed E-state index contributed by atoms with van der Waals surface area (Å²) in [6.07, 6.45) is 0. The molecule has 0 radical (unpaired) electrons. The molecular weight excluding hydrogens is 433 g/mol. The second-order valence-corrected chi connectivity index (χ2v) is 13.1. The molecule has 1 aromatic rings. The minimum atomic E-state index is -1.82. The molecule has 0 aliphatic rings. The van der Waals surface area contributed by atoms with Gasteiger partial charge in [0, 0.05) is 38.6 Å². The zero-order valence-electron chi connectivity index (χ0n) is 16.2. The van der Waals surface area contributed by atoms with Gasteiger partial charge in [-0.05, 0) is 55.4 Å². The second kappa shape index (κ2) is 9.23. The molecule has 0 aromatic heterocycles. The van der Waals surface area contributed by atoms with Crippen molar-refractivity contribution in [3.8, 4) is 11.5 Å². The predicted octanol–water partition coefficient (Wildman–Crippen LogP) is 6.08. The number of hydrogen-bond acceptors (Lipinski definition) is 2. The van der Waals surface area contributed by atoms with Crippen LogP contribution in [0.5, 0.6) is 11.5 Å². The Balaban J connectivity index is 0.00000529. The minimum absolute atomic E-state index is 0. The zero-order valence-corrected chi connectivity index (χ0v) is 19.4. The van der Waals surface area contributed by atoms with Crippen LogP contribution in [0.15, 0.2) is 18.2 Å². The van der Waals surface area contributed by atoms with Crippen LogP contribution in [0.1, 0.15) is 55.4 Å². The molecule has 142 valence electrons. The van der Waals surface area contributed by atoms with E-state index in [0.29, 0.717) is 13.2 Å². The van der Waals surface area contributed by atoms with Crippen LogP contribution in [0.2, 0.25) is 0 Å². The molecule has 5 heteroatoms. The first-order valence-electron chi connectivity index (χ1n) is 8.28. The van der Waals surface area contributed by atoms with E-state index in [9.17, 15) is 0 Å². The molecule has 0 amide bonds. The fraction of sp³-hybridized carbons (Fsp3) is 0.632. The van der Waals surface area contributed by atoms with Crippen LogP contribution in [0.3, 0.4) is 0 Å². The van der Waals surface area contributed by atoms with Crippen LogP contribution < -0.4 is 14.8 Å². The van der Waals surface area contributed by atoms with E-state index in [4.69, 9.17) is 21.1 Å². The van der Waals surface area contributed by atoms with E-state index in [1.54, 1.807) is 0 Å². The van der Waals surface area contributed by atoms with Gasteiger partial charge in [0.05, 0.1) is 28.8 Å². The smallest absolute Gasteiger partial charge is 0.126 e. The quantitative estimate of drug-likeness (QED) is 0.288. The van der Waals surface area contributed by atoms with Gasteiger partial charge >= 0.3 is 0 Å². The number of ether oxygens (including phenoxy) is 2. The maximum atomic E-state index is 6.53. The molecule has 0 fully saturated rings. The Morgan fingerprint density at radius 1 is 0.875 bits per heavy atom. The third-order valence-corrected chi connectivity index (χ3v) is 10.6. The minimum Gasteiger partial charge on any atom is -0.494 e. The summed E-state index contributed by atoms with van der Waals surface area (Å²) in [5.74, 6) is 1.70. The number of benzene rings is 1. The molecule has 1 aromatic carbocycles. The van der Waals surface area contributed by atoms with Crippen LogP contribution in [-0.2, 0) is 20.4 Å². The first-order chi connectivity index (χ1) is 10.5. The van der Waals surface area contributed by atoms with E-state index >= 15 is 0 Å². The molecule has 0 unspecified atom stereocenters. The molecule has 0 heterocycles. The van der Waals surface area contributed by atoms with Crippen LogP contribution >= 0.6 is 18.9 Å². The van der Waals surface area contributed by atoms with Gasteiger partial charge in [0.1, 0.15) is 11.5 Å². The summed E-state index contributed by atoms with van der Waals surface area (Å²) in [7, 11) is -1.82. The summed E-state index contributed by atoms with van der Waals surface area (Å²) in [5, 5.41) is 1.32. The molecule has 1 rings (SSSR count). The van der Waals surface area contributed by atoms with Crippen molar-refractivity contribution in [2.75, 3.05) is 13.2 Å². The summed E-state index contributed by atoms with van der Waals surface area (Å²) in [5.41, 5.74) is 1.94. The molecule has 0 saturated heterocycles. The van der Waals surface area contributed by atoms with Crippen molar-refractivity contribution in [3.05, 3.63) is 23.8 Å². The van der Waals surface area contributed by atoms with Gasteiger partial charge in [0.15, 0.2) is 0 Å². The summed E-state index contributed by atoms with van der Waals surface area (Å²) >= 11 is 6.53. The molecule has 0 aliphatic carbocycles. The van der Waals surface area contributed by atoms with Crippen molar-refractivity contribution in [1.82, 2.24) is 0 Å². The van der Waals surface area contributed by atoms with Crippen molar-refractivity contribution in [2.45, 2.75) is 65.7 Å². The van der Waals surface area contributed by atoms with Crippen molar-refractivity contribution in [1.29, 1.82) is 0 Å². The van der Waals surface area contributed by atoms with Crippen molar-refractivity contribution in [3.63, 3.8) is 0 Å². The average molecular weight is 465 g/mol. The van der Waals surface area contributed by atoms with Crippen molar-refractivity contribution in [2.24, 2.45) is 0 Å². The Bertz CT molecular complexity index is 483. The predicted molar refractivity (Wildman–Crippen MR) is 105 cm³/mol. The topological polar surface area (TPSA) is 18.5 Å². The molecular formula is C19H32ClO2PPd. The zero-order chi connectivity index (χ0) is 17.9. The molecule has 0 N–H and O–H groups in total. The standard InChI is InChI=1S/C19H32ClO2P.Pd/c1-9-21-15-11-16(22-10-2)13-17(12-15)23(14-20,18(3,4)5)19(6,7)8;/h11-14H,9-10H2,1-8H3;. The Hall–Kier alpha value is 0.202. The third kappa shape index (κ3) is 4.88. The van der Waals surface area contributed by atoms with Gasteiger partial charge < -0.3 is 21.1 Å². The van der Waals surface area contributed by atoms with Gasteiger partial charge in [-0.25, -0.2) is 0 Å². The molecule has 2 nitrogen and oxygen atoms in total. The summed E-state index contributed by atoms with van der Waals surface area (Å²) < 4.78 is 11.6. The van der Waals surface area contributed by atoms with E-state index < -0.39 is 7.26 Å². The number of rotatable bonds is 6. The van der Waals surface area contributed by atoms with Crippen LogP contribution in [0.4, 0.5) is 0 Å². The summed E-state index contributed by atoms with van der Waals surface area (Å²) in [4.78, 5) is 0. The second-order valence-electron chi connectivity index (χ2n) is 7.69. The van der Waals surface area contributed by atoms with E-state index in [1.165, 1.54) is 5.30 Å². The number of halogens is 1. The SMILES string of the molecule is CCOc1cc(OCC)cc([P+]([CH-]Cl)(C(C)(C)C)C(C)(C)C)c1.[Pd]. The van der Waals surface area contributed by atoms with Gasteiger partial charge in [-0.15, -0.1) is 0 Å². The molecule has 0 saturated carbocycles. The summed E-state index contributed by atoms with van der Waals surface area (Å²) in [6.45, 7) is 18.9. The Labute approximate surface area is 168 Å².